The number of rotatable bonds is 10. The van der Waals surface area contributed by atoms with E-state index >= 15 is 0 Å². The molecule has 0 aromatic rings. The van der Waals surface area contributed by atoms with Gasteiger partial charge in [-0.1, -0.05) is 13.8 Å². The van der Waals surface area contributed by atoms with Crippen molar-refractivity contribution >= 4 is 12.0 Å². The Labute approximate surface area is 115 Å². The molecular formula is C13H27N3O3. The minimum Gasteiger partial charge on any atom is -0.481 e. The number of nitrogens with one attached hydrogen (secondary N) is 1. The molecule has 0 atom stereocenters. The van der Waals surface area contributed by atoms with Crippen LogP contribution in [0.3, 0.4) is 0 Å². The number of hydrogen-bond acceptors (Lipinski definition) is 3. The molecule has 0 aliphatic rings. The van der Waals surface area contributed by atoms with E-state index in [1.165, 1.54) is 4.90 Å². The van der Waals surface area contributed by atoms with Crippen molar-refractivity contribution in [1.82, 2.24) is 15.1 Å². The second-order valence-electron chi connectivity index (χ2n) is 4.53. The Bertz CT molecular complexity index is 268. The quantitative estimate of drug-likeness (QED) is 0.587. The Morgan fingerprint density at radius 1 is 1.11 bits per heavy atom. The van der Waals surface area contributed by atoms with Crippen molar-refractivity contribution in [2.75, 3.05) is 39.8 Å². The minimum atomic E-state index is -0.826. The van der Waals surface area contributed by atoms with E-state index in [1.807, 2.05) is 0 Å². The largest absolute Gasteiger partial charge is 0.481 e. The highest BCUT2D eigenvalue weighted by atomic mass is 16.4. The van der Waals surface area contributed by atoms with Crippen LogP contribution in [0.4, 0.5) is 4.79 Å². The second-order valence-corrected chi connectivity index (χ2v) is 4.53. The molecule has 0 aliphatic heterocycles. The number of hydrogen-bond donors (Lipinski definition) is 2. The molecule has 0 fully saturated rings. The average Bonchev–Trinajstić information content (AvgIpc) is 2.38. The van der Waals surface area contributed by atoms with E-state index in [9.17, 15) is 9.59 Å². The summed E-state index contributed by atoms with van der Waals surface area (Å²) in [6.07, 6.45) is 1.51. The summed E-state index contributed by atoms with van der Waals surface area (Å²) < 4.78 is 0. The predicted molar refractivity (Wildman–Crippen MR) is 75.3 cm³/mol. The van der Waals surface area contributed by atoms with Crippen molar-refractivity contribution in [2.45, 2.75) is 33.1 Å². The lowest BCUT2D eigenvalue weighted by atomic mass is 10.3. The van der Waals surface area contributed by atoms with Gasteiger partial charge in [-0.15, -0.1) is 0 Å². The molecule has 2 amide bonds. The lowest BCUT2D eigenvalue weighted by Gasteiger charge is -2.20. The topological polar surface area (TPSA) is 72.9 Å². The SMILES string of the molecule is CCN(CC)CCCNC(=O)N(C)CCCC(=O)O. The van der Waals surface area contributed by atoms with E-state index in [0.29, 0.717) is 19.5 Å². The molecule has 6 heteroatoms. The van der Waals surface area contributed by atoms with Gasteiger partial charge in [-0.2, -0.15) is 0 Å². The van der Waals surface area contributed by atoms with Crippen LogP contribution in [0.2, 0.25) is 0 Å². The van der Waals surface area contributed by atoms with E-state index in [1.54, 1.807) is 7.05 Å². The first-order chi connectivity index (χ1) is 9.01. The van der Waals surface area contributed by atoms with Gasteiger partial charge in [-0.25, -0.2) is 4.79 Å². The Balaban J connectivity index is 3.64. The Morgan fingerprint density at radius 2 is 1.74 bits per heavy atom. The fourth-order valence-electron chi connectivity index (χ4n) is 1.74. The van der Waals surface area contributed by atoms with Crippen LogP contribution in [0.1, 0.15) is 33.1 Å². The minimum absolute atomic E-state index is 0.0968. The molecule has 0 spiro atoms. The first-order valence-electron chi connectivity index (χ1n) is 6.94. The molecule has 0 aromatic heterocycles. The van der Waals surface area contributed by atoms with Crippen LogP contribution in [0.15, 0.2) is 0 Å². The van der Waals surface area contributed by atoms with Gasteiger partial charge >= 0.3 is 12.0 Å². The van der Waals surface area contributed by atoms with Gasteiger partial charge in [0.15, 0.2) is 0 Å². The molecular weight excluding hydrogens is 246 g/mol. The summed E-state index contributed by atoms with van der Waals surface area (Å²) in [6, 6.07) is -0.134. The number of aliphatic carboxylic acids is 1. The maximum atomic E-state index is 11.7. The third kappa shape index (κ3) is 9.30. The molecule has 0 rings (SSSR count). The van der Waals surface area contributed by atoms with Gasteiger partial charge in [0.2, 0.25) is 0 Å². The summed E-state index contributed by atoms with van der Waals surface area (Å²) in [6.45, 7) is 8.40. The van der Waals surface area contributed by atoms with Gasteiger partial charge < -0.3 is 20.2 Å². The fraction of sp³-hybridized carbons (Fsp3) is 0.846. The molecule has 0 heterocycles. The van der Waals surface area contributed by atoms with Crippen molar-refractivity contribution in [3.05, 3.63) is 0 Å². The zero-order chi connectivity index (χ0) is 14.7. The number of carboxylic acids is 1. The number of urea groups is 1. The monoisotopic (exact) mass is 273 g/mol. The maximum Gasteiger partial charge on any atom is 0.317 e. The van der Waals surface area contributed by atoms with Gasteiger partial charge in [-0.05, 0) is 32.5 Å². The maximum absolute atomic E-state index is 11.7. The number of carbonyl (C=O) groups excluding carboxylic acids is 1. The van der Waals surface area contributed by atoms with Crippen molar-refractivity contribution in [2.24, 2.45) is 0 Å². The molecule has 6 nitrogen and oxygen atoms in total. The molecule has 0 saturated carbocycles. The highest BCUT2D eigenvalue weighted by Gasteiger charge is 2.08. The first-order valence-corrected chi connectivity index (χ1v) is 6.94. The summed E-state index contributed by atoms with van der Waals surface area (Å²) in [5, 5.41) is 11.4. The fourth-order valence-corrected chi connectivity index (χ4v) is 1.74. The van der Waals surface area contributed by atoms with Crippen LogP contribution in [-0.2, 0) is 4.79 Å². The molecule has 0 bridgehead atoms. The summed E-state index contributed by atoms with van der Waals surface area (Å²) >= 11 is 0. The van der Waals surface area contributed by atoms with Crippen LogP contribution < -0.4 is 5.32 Å². The Kier molecular flexibility index (Phi) is 9.88. The first kappa shape index (κ1) is 17.7. The van der Waals surface area contributed by atoms with Gasteiger partial charge in [0, 0.05) is 26.6 Å². The van der Waals surface area contributed by atoms with E-state index in [2.05, 4.69) is 24.1 Å². The van der Waals surface area contributed by atoms with Crippen LogP contribution in [0.25, 0.3) is 0 Å². The van der Waals surface area contributed by atoms with Crippen molar-refractivity contribution in [3.63, 3.8) is 0 Å². The standard InChI is InChI=1S/C13H27N3O3/c1-4-16(5-2)11-7-9-14-13(19)15(3)10-6-8-12(17)18/h4-11H2,1-3H3,(H,14,19)(H,17,18). The molecule has 0 unspecified atom stereocenters. The normalized spacial score (nSPS) is 10.5. The van der Waals surface area contributed by atoms with Gasteiger partial charge in [0.25, 0.3) is 0 Å². The van der Waals surface area contributed by atoms with E-state index in [0.717, 1.165) is 26.1 Å². The highest BCUT2D eigenvalue weighted by Crippen LogP contribution is 1.94. The molecule has 0 aromatic carbocycles. The molecule has 0 aliphatic carbocycles. The average molecular weight is 273 g/mol. The van der Waals surface area contributed by atoms with Gasteiger partial charge in [0.05, 0.1) is 0 Å². The van der Waals surface area contributed by atoms with Crippen LogP contribution in [0, 0.1) is 0 Å². The Hall–Kier alpha value is -1.30. The van der Waals surface area contributed by atoms with Crippen LogP contribution in [-0.4, -0.2) is 66.7 Å². The summed E-state index contributed by atoms with van der Waals surface area (Å²) in [7, 11) is 1.68. The lowest BCUT2D eigenvalue weighted by molar-refractivity contribution is -0.137. The zero-order valence-corrected chi connectivity index (χ0v) is 12.3. The summed E-state index contributed by atoms with van der Waals surface area (Å²) in [5.41, 5.74) is 0. The third-order valence-corrected chi connectivity index (χ3v) is 3.05. The number of amides is 2. The van der Waals surface area contributed by atoms with Crippen LogP contribution >= 0.6 is 0 Å². The van der Waals surface area contributed by atoms with Crippen LogP contribution in [0.5, 0.6) is 0 Å². The molecule has 112 valence electrons. The number of nitrogens with zero attached hydrogens (tertiary/aromatic N) is 2. The van der Waals surface area contributed by atoms with Crippen molar-refractivity contribution in [3.8, 4) is 0 Å². The van der Waals surface area contributed by atoms with Gasteiger partial charge in [-0.3, -0.25) is 4.79 Å². The summed E-state index contributed by atoms with van der Waals surface area (Å²) in [5.74, 6) is -0.826. The van der Waals surface area contributed by atoms with Crippen molar-refractivity contribution < 1.29 is 14.7 Å². The van der Waals surface area contributed by atoms with E-state index in [-0.39, 0.29) is 12.5 Å². The summed E-state index contributed by atoms with van der Waals surface area (Å²) in [4.78, 5) is 25.9. The third-order valence-electron chi connectivity index (χ3n) is 3.05. The molecule has 2 N–H and O–H groups in total. The van der Waals surface area contributed by atoms with Gasteiger partial charge in [0.1, 0.15) is 0 Å². The van der Waals surface area contributed by atoms with E-state index < -0.39 is 5.97 Å². The number of carboxylic acid groups (broad SMARTS) is 1. The second kappa shape index (κ2) is 10.6. The lowest BCUT2D eigenvalue weighted by Crippen LogP contribution is -2.39. The predicted octanol–water partition coefficient (Wildman–Crippen LogP) is 1.22. The Morgan fingerprint density at radius 3 is 2.26 bits per heavy atom. The molecule has 0 radical (unpaired) electrons. The molecule has 0 saturated heterocycles. The van der Waals surface area contributed by atoms with Crippen molar-refractivity contribution in [1.29, 1.82) is 0 Å². The highest BCUT2D eigenvalue weighted by molar-refractivity contribution is 5.73. The number of carbonyl (C=O) groups is 2. The molecule has 19 heavy (non-hydrogen) atoms. The smallest absolute Gasteiger partial charge is 0.317 e. The zero-order valence-electron chi connectivity index (χ0n) is 12.3. The van der Waals surface area contributed by atoms with E-state index in [4.69, 9.17) is 5.11 Å².